The molecule has 4 bridgehead atoms. The molecule has 1 aromatic heterocycles. The maximum Gasteiger partial charge on any atom is 0.164 e. The Kier molecular flexibility index (Phi) is 5.02. The molecular weight excluding hydrogens is 450 g/mol. The summed E-state index contributed by atoms with van der Waals surface area (Å²) >= 11 is 6.31. The molecule has 0 radical (unpaired) electrons. The number of rotatable bonds is 4. The minimum atomic E-state index is 0.343. The van der Waals surface area contributed by atoms with Gasteiger partial charge >= 0.3 is 0 Å². The van der Waals surface area contributed by atoms with E-state index in [1.807, 2.05) is 54.6 Å². The molecule has 4 aromatic rings. The van der Waals surface area contributed by atoms with Crippen LogP contribution >= 0.6 is 11.6 Å². The Labute approximate surface area is 211 Å². The van der Waals surface area contributed by atoms with Crippen LogP contribution in [0.4, 0.5) is 0 Å². The SMILES string of the molecule is Clc1cccc(-c2nc(-c3ccccc3)nc(-c3cccc(C45CC6CC(CC(C6)C4)C5)c3)n2)c1. The Morgan fingerprint density at radius 2 is 1.09 bits per heavy atom. The normalized spacial score (nSPS) is 26.7. The zero-order valence-electron chi connectivity index (χ0n) is 19.7. The van der Waals surface area contributed by atoms with Gasteiger partial charge in [0.05, 0.1) is 0 Å². The van der Waals surface area contributed by atoms with Crippen molar-refractivity contribution >= 4 is 11.6 Å². The van der Waals surface area contributed by atoms with Gasteiger partial charge in [0.15, 0.2) is 17.5 Å². The third-order valence-corrected chi connectivity index (χ3v) is 8.76. The molecule has 8 rings (SSSR count). The lowest BCUT2D eigenvalue weighted by atomic mass is 9.48. The number of hydrogen-bond acceptors (Lipinski definition) is 3. The minimum Gasteiger partial charge on any atom is -0.208 e. The lowest BCUT2D eigenvalue weighted by Gasteiger charge is -2.57. The van der Waals surface area contributed by atoms with Crippen LogP contribution in [0.2, 0.25) is 5.02 Å². The molecule has 4 fully saturated rings. The Morgan fingerprint density at radius 1 is 0.571 bits per heavy atom. The van der Waals surface area contributed by atoms with E-state index in [0.717, 1.165) is 40.3 Å². The van der Waals surface area contributed by atoms with Gasteiger partial charge in [0.2, 0.25) is 0 Å². The molecule has 0 amide bonds. The van der Waals surface area contributed by atoms with Crippen molar-refractivity contribution in [1.29, 1.82) is 0 Å². The monoisotopic (exact) mass is 477 g/mol. The number of nitrogens with zero attached hydrogens (tertiary/aromatic N) is 3. The van der Waals surface area contributed by atoms with E-state index in [1.54, 1.807) is 0 Å². The summed E-state index contributed by atoms with van der Waals surface area (Å²) in [6.45, 7) is 0. The second-order valence-electron chi connectivity index (χ2n) is 11.0. The third kappa shape index (κ3) is 3.87. The van der Waals surface area contributed by atoms with E-state index in [9.17, 15) is 0 Å². The maximum atomic E-state index is 6.31. The fourth-order valence-corrected chi connectivity index (χ4v) is 7.62. The molecule has 4 heteroatoms. The Bertz CT molecular complexity index is 1360. The van der Waals surface area contributed by atoms with Crippen LogP contribution in [-0.2, 0) is 5.41 Å². The molecule has 4 saturated carbocycles. The Morgan fingerprint density at radius 3 is 1.69 bits per heavy atom. The molecule has 3 aromatic carbocycles. The number of aromatic nitrogens is 3. The van der Waals surface area contributed by atoms with Gasteiger partial charge in [0.1, 0.15) is 0 Å². The molecule has 4 aliphatic carbocycles. The smallest absolute Gasteiger partial charge is 0.164 e. The van der Waals surface area contributed by atoms with Crippen molar-refractivity contribution in [3.63, 3.8) is 0 Å². The molecule has 174 valence electrons. The van der Waals surface area contributed by atoms with Gasteiger partial charge in [0, 0.05) is 21.7 Å². The quantitative estimate of drug-likeness (QED) is 0.299. The van der Waals surface area contributed by atoms with Crippen molar-refractivity contribution in [2.45, 2.75) is 43.9 Å². The van der Waals surface area contributed by atoms with Crippen LogP contribution in [0.25, 0.3) is 34.2 Å². The van der Waals surface area contributed by atoms with E-state index in [4.69, 9.17) is 26.6 Å². The molecule has 0 atom stereocenters. The molecular formula is C31H28ClN3. The Hall–Kier alpha value is -3.04. The van der Waals surface area contributed by atoms with Crippen LogP contribution in [0.1, 0.15) is 44.1 Å². The van der Waals surface area contributed by atoms with Crippen molar-refractivity contribution in [1.82, 2.24) is 15.0 Å². The van der Waals surface area contributed by atoms with Gasteiger partial charge in [0.25, 0.3) is 0 Å². The minimum absolute atomic E-state index is 0.343. The lowest BCUT2D eigenvalue weighted by molar-refractivity contribution is -0.00517. The molecule has 0 N–H and O–H groups in total. The zero-order valence-corrected chi connectivity index (χ0v) is 20.5. The summed E-state index contributed by atoms with van der Waals surface area (Å²) in [6.07, 6.45) is 8.41. The highest BCUT2D eigenvalue weighted by Gasteiger charge is 2.51. The van der Waals surface area contributed by atoms with Gasteiger partial charge in [-0.2, -0.15) is 0 Å². The summed E-state index contributed by atoms with van der Waals surface area (Å²) in [5, 5.41) is 0.675. The van der Waals surface area contributed by atoms with Crippen LogP contribution in [0, 0.1) is 17.8 Å². The molecule has 0 spiro atoms. The first-order chi connectivity index (χ1) is 17.1. The molecule has 35 heavy (non-hydrogen) atoms. The summed E-state index contributed by atoms with van der Waals surface area (Å²) < 4.78 is 0. The topological polar surface area (TPSA) is 38.7 Å². The fourth-order valence-electron chi connectivity index (χ4n) is 7.43. The fraction of sp³-hybridized carbons (Fsp3) is 0.323. The highest BCUT2D eigenvalue weighted by Crippen LogP contribution is 2.60. The number of halogens is 1. The van der Waals surface area contributed by atoms with Crippen LogP contribution in [0.15, 0.2) is 78.9 Å². The van der Waals surface area contributed by atoms with Gasteiger partial charge in [-0.25, -0.2) is 15.0 Å². The molecule has 4 aliphatic rings. The predicted octanol–water partition coefficient (Wildman–Crippen LogP) is 7.99. The van der Waals surface area contributed by atoms with E-state index in [0.29, 0.717) is 22.1 Å². The molecule has 0 aliphatic heterocycles. The van der Waals surface area contributed by atoms with E-state index in [-0.39, 0.29) is 0 Å². The largest absolute Gasteiger partial charge is 0.208 e. The molecule has 0 saturated heterocycles. The summed E-state index contributed by atoms with van der Waals surface area (Å²) in [4.78, 5) is 14.7. The highest BCUT2D eigenvalue weighted by atomic mass is 35.5. The summed E-state index contributed by atoms with van der Waals surface area (Å²) in [7, 11) is 0. The summed E-state index contributed by atoms with van der Waals surface area (Å²) in [6, 6.07) is 27.0. The van der Waals surface area contributed by atoms with Crippen LogP contribution in [-0.4, -0.2) is 15.0 Å². The van der Waals surface area contributed by atoms with E-state index < -0.39 is 0 Å². The van der Waals surface area contributed by atoms with Crippen molar-refractivity contribution in [3.8, 4) is 34.2 Å². The lowest BCUT2D eigenvalue weighted by Crippen LogP contribution is -2.48. The van der Waals surface area contributed by atoms with Crippen molar-refractivity contribution in [2.75, 3.05) is 0 Å². The van der Waals surface area contributed by atoms with E-state index in [1.165, 1.54) is 44.1 Å². The van der Waals surface area contributed by atoms with Gasteiger partial charge in [-0.3, -0.25) is 0 Å². The van der Waals surface area contributed by atoms with Gasteiger partial charge in [-0.05, 0) is 85.5 Å². The third-order valence-electron chi connectivity index (χ3n) is 8.52. The van der Waals surface area contributed by atoms with Crippen LogP contribution in [0.5, 0.6) is 0 Å². The summed E-state index contributed by atoms with van der Waals surface area (Å²) in [5.41, 5.74) is 4.78. The highest BCUT2D eigenvalue weighted by molar-refractivity contribution is 6.30. The average molecular weight is 478 g/mol. The second-order valence-corrected chi connectivity index (χ2v) is 11.4. The molecule has 0 unspecified atom stereocenters. The molecule has 1 heterocycles. The van der Waals surface area contributed by atoms with Crippen molar-refractivity contribution in [2.24, 2.45) is 17.8 Å². The van der Waals surface area contributed by atoms with Gasteiger partial charge in [-0.1, -0.05) is 72.3 Å². The van der Waals surface area contributed by atoms with Crippen LogP contribution in [0.3, 0.4) is 0 Å². The number of benzene rings is 3. The zero-order chi connectivity index (χ0) is 23.4. The maximum absolute atomic E-state index is 6.31. The van der Waals surface area contributed by atoms with Gasteiger partial charge < -0.3 is 0 Å². The first-order valence-electron chi connectivity index (χ1n) is 12.8. The van der Waals surface area contributed by atoms with Gasteiger partial charge in [-0.15, -0.1) is 0 Å². The van der Waals surface area contributed by atoms with E-state index in [2.05, 4.69) is 24.3 Å². The summed E-state index contributed by atoms with van der Waals surface area (Å²) in [5.74, 6) is 4.81. The van der Waals surface area contributed by atoms with E-state index >= 15 is 0 Å². The Balaban J connectivity index is 1.34. The van der Waals surface area contributed by atoms with Crippen molar-refractivity contribution in [3.05, 3.63) is 89.4 Å². The second kappa shape index (κ2) is 8.27. The first kappa shape index (κ1) is 21.3. The standard InChI is InChI=1S/C31H28ClN3/c32-27-11-5-9-25(16-27)30-34-28(23-6-2-1-3-7-23)33-29(35-30)24-8-4-10-26(15-24)31-17-20-12-21(18-31)14-22(13-20)19-31/h1-11,15-16,20-22H,12-14,17-19H2. The number of hydrogen-bond donors (Lipinski definition) is 0. The molecule has 3 nitrogen and oxygen atoms in total. The first-order valence-corrected chi connectivity index (χ1v) is 13.2. The van der Waals surface area contributed by atoms with Crippen LogP contribution < -0.4 is 0 Å². The average Bonchev–Trinajstić information content (AvgIpc) is 2.88. The predicted molar refractivity (Wildman–Crippen MR) is 141 cm³/mol. The van der Waals surface area contributed by atoms with Crippen molar-refractivity contribution < 1.29 is 0 Å².